The largest absolute Gasteiger partial charge is 0.355 e. The number of piperazine rings is 1. The highest BCUT2D eigenvalue weighted by Gasteiger charge is 2.16. The number of carbonyl (C=O) groups excluding carboxylic acids is 1. The number of benzene rings is 2. The van der Waals surface area contributed by atoms with Crippen LogP contribution < -0.4 is 5.32 Å². The molecule has 4 heteroatoms. The van der Waals surface area contributed by atoms with Gasteiger partial charge in [0.25, 0.3) is 0 Å². The molecule has 3 rings (SSSR count). The molecule has 0 saturated carbocycles. The number of amides is 1. The molecule has 4 nitrogen and oxygen atoms in total. The van der Waals surface area contributed by atoms with Crippen molar-refractivity contribution >= 4 is 16.7 Å². The lowest BCUT2D eigenvalue weighted by Crippen LogP contribution is -2.47. The molecule has 2 aromatic carbocycles. The van der Waals surface area contributed by atoms with Crippen molar-refractivity contribution in [3.63, 3.8) is 0 Å². The van der Waals surface area contributed by atoms with Gasteiger partial charge in [-0.2, -0.15) is 0 Å². The Morgan fingerprint density at radius 1 is 1.08 bits per heavy atom. The third-order valence-electron chi connectivity index (χ3n) is 4.99. The fraction of sp³-hybridized carbons (Fsp3) is 0.476. The smallest absolute Gasteiger partial charge is 0.224 e. The number of carbonyl (C=O) groups is 1. The second-order valence-electron chi connectivity index (χ2n) is 7.37. The van der Waals surface area contributed by atoms with Gasteiger partial charge in [-0.15, -0.1) is 0 Å². The summed E-state index contributed by atoms with van der Waals surface area (Å²) in [7, 11) is 2.17. The molecule has 25 heavy (non-hydrogen) atoms. The quantitative estimate of drug-likeness (QED) is 0.878. The fourth-order valence-corrected chi connectivity index (χ4v) is 3.42. The maximum atomic E-state index is 12.3. The highest BCUT2D eigenvalue weighted by atomic mass is 16.1. The average molecular weight is 339 g/mol. The predicted molar refractivity (Wildman–Crippen MR) is 104 cm³/mol. The van der Waals surface area contributed by atoms with E-state index in [0.717, 1.165) is 44.8 Å². The topological polar surface area (TPSA) is 35.6 Å². The van der Waals surface area contributed by atoms with Gasteiger partial charge in [-0.05, 0) is 29.3 Å². The highest BCUT2D eigenvalue weighted by molar-refractivity contribution is 5.85. The third kappa shape index (κ3) is 5.28. The summed E-state index contributed by atoms with van der Waals surface area (Å²) in [6.45, 7) is 8.57. The van der Waals surface area contributed by atoms with Crippen LogP contribution in [0.2, 0.25) is 0 Å². The summed E-state index contributed by atoms with van der Waals surface area (Å²) in [5.74, 6) is 0.587. The van der Waals surface area contributed by atoms with E-state index >= 15 is 0 Å². The van der Waals surface area contributed by atoms with Gasteiger partial charge in [-0.25, -0.2) is 0 Å². The maximum Gasteiger partial charge on any atom is 0.224 e. The lowest BCUT2D eigenvalue weighted by atomic mass is 10.0. The monoisotopic (exact) mass is 339 g/mol. The first-order valence-corrected chi connectivity index (χ1v) is 9.25. The summed E-state index contributed by atoms with van der Waals surface area (Å²) in [6.07, 6.45) is 0.450. The van der Waals surface area contributed by atoms with Gasteiger partial charge in [0, 0.05) is 39.3 Å². The van der Waals surface area contributed by atoms with E-state index in [1.165, 1.54) is 10.8 Å². The minimum absolute atomic E-state index is 0.112. The van der Waals surface area contributed by atoms with E-state index in [-0.39, 0.29) is 5.91 Å². The molecular weight excluding hydrogens is 310 g/mol. The Morgan fingerprint density at radius 2 is 1.80 bits per heavy atom. The van der Waals surface area contributed by atoms with Crippen molar-refractivity contribution in [1.82, 2.24) is 15.1 Å². The summed E-state index contributed by atoms with van der Waals surface area (Å²) >= 11 is 0. The Bertz CT molecular complexity index is 707. The number of nitrogens with one attached hydrogen (secondary N) is 1. The Kier molecular flexibility index (Phi) is 6.05. The van der Waals surface area contributed by atoms with Crippen molar-refractivity contribution in [2.24, 2.45) is 5.92 Å². The molecule has 0 aromatic heterocycles. The van der Waals surface area contributed by atoms with Crippen LogP contribution in [0.3, 0.4) is 0 Å². The molecule has 0 spiro atoms. The SMILES string of the molecule is C[C@H](CNC(=O)Cc1ccc2ccccc2c1)CN1CCN(C)CC1. The molecule has 1 N–H and O–H groups in total. The summed E-state index contributed by atoms with van der Waals surface area (Å²) in [6, 6.07) is 14.5. The Morgan fingerprint density at radius 3 is 2.56 bits per heavy atom. The van der Waals surface area contributed by atoms with Crippen molar-refractivity contribution in [3.05, 3.63) is 48.0 Å². The predicted octanol–water partition coefficient (Wildman–Crippen LogP) is 2.38. The van der Waals surface area contributed by atoms with Crippen LogP contribution in [-0.2, 0) is 11.2 Å². The fourth-order valence-electron chi connectivity index (χ4n) is 3.42. The zero-order valence-electron chi connectivity index (χ0n) is 15.4. The minimum Gasteiger partial charge on any atom is -0.355 e. The molecule has 0 unspecified atom stereocenters. The molecule has 1 amide bonds. The van der Waals surface area contributed by atoms with Crippen LogP contribution >= 0.6 is 0 Å². The number of hydrogen-bond acceptors (Lipinski definition) is 3. The van der Waals surface area contributed by atoms with Crippen LogP contribution in [0.4, 0.5) is 0 Å². The van der Waals surface area contributed by atoms with E-state index < -0.39 is 0 Å². The highest BCUT2D eigenvalue weighted by Crippen LogP contribution is 2.16. The van der Waals surface area contributed by atoms with E-state index in [1.807, 2.05) is 12.1 Å². The standard InChI is InChI=1S/C21H29N3O/c1-17(16-24-11-9-23(2)10-12-24)15-22-21(25)14-18-7-8-19-5-3-4-6-20(19)13-18/h3-8,13,17H,9-12,14-16H2,1-2H3,(H,22,25)/t17-/m1/s1. The molecule has 1 atom stereocenters. The number of likely N-dealkylation sites (N-methyl/N-ethyl adjacent to an activating group) is 1. The molecule has 1 aliphatic heterocycles. The Hall–Kier alpha value is -1.91. The van der Waals surface area contributed by atoms with Crippen LogP contribution in [-0.4, -0.2) is 62.0 Å². The molecule has 134 valence electrons. The molecular formula is C21H29N3O. The normalized spacial score (nSPS) is 17.5. The van der Waals surface area contributed by atoms with Gasteiger partial charge in [-0.3, -0.25) is 4.79 Å². The van der Waals surface area contributed by atoms with Crippen LogP contribution in [0.15, 0.2) is 42.5 Å². The number of fused-ring (bicyclic) bond motifs is 1. The summed E-state index contributed by atoms with van der Waals surface area (Å²) in [5, 5.41) is 5.51. The van der Waals surface area contributed by atoms with E-state index in [4.69, 9.17) is 0 Å². The first kappa shape index (κ1) is 17.9. The van der Waals surface area contributed by atoms with Gasteiger partial charge < -0.3 is 15.1 Å². The molecule has 1 heterocycles. The van der Waals surface area contributed by atoms with Crippen LogP contribution in [0.25, 0.3) is 10.8 Å². The van der Waals surface area contributed by atoms with Crippen LogP contribution in [0, 0.1) is 5.92 Å². The molecule has 0 radical (unpaired) electrons. The lowest BCUT2D eigenvalue weighted by Gasteiger charge is -2.33. The molecule has 1 aliphatic rings. The molecule has 1 saturated heterocycles. The van der Waals surface area contributed by atoms with E-state index in [0.29, 0.717) is 12.3 Å². The molecule has 2 aromatic rings. The Balaban J connectivity index is 1.43. The van der Waals surface area contributed by atoms with Crippen molar-refractivity contribution in [3.8, 4) is 0 Å². The second-order valence-corrected chi connectivity index (χ2v) is 7.37. The van der Waals surface area contributed by atoms with Crippen molar-refractivity contribution in [1.29, 1.82) is 0 Å². The molecule has 0 bridgehead atoms. The Labute approximate surface area is 150 Å². The minimum atomic E-state index is 0.112. The van der Waals surface area contributed by atoms with Gasteiger partial charge in [-0.1, -0.05) is 49.4 Å². The average Bonchev–Trinajstić information content (AvgIpc) is 2.62. The molecule has 1 fully saturated rings. The van der Waals surface area contributed by atoms with Gasteiger partial charge in [0.1, 0.15) is 0 Å². The van der Waals surface area contributed by atoms with E-state index in [2.05, 4.69) is 59.4 Å². The van der Waals surface area contributed by atoms with Crippen molar-refractivity contribution < 1.29 is 4.79 Å². The van der Waals surface area contributed by atoms with Crippen LogP contribution in [0.5, 0.6) is 0 Å². The summed E-state index contributed by atoms with van der Waals surface area (Å²) < 4.78 is 0. The number of nitrogens with zero attached hydrogens (tertiary/aromatic N) is 2. The zero-order chi connectivity index (χ0) is 17.6. The first-order chi connectivity index (χ1) is 12.1. The number of hydrogen-bond donors (Lipinski definition) is 1. The summed E-state index contributed by atoms with van der Waals surface area (Å²) in [4.78, 5) is 17.1. The van der Waals surface area contributed by atoms with Gasteiger partial charge in [0.15, 0.2) is 0 Å². The third-order valence-corrected chi connectivity index (χ3v) is 4.99. The lowest BCUT2D eigenvalue weighted by molar-refractivity contribution is -0.120. The maximum absolute atomic E-state index is 12.3. The van der Waals surface area contributed by atoms with Gasteiger partial charge >= 0.3 is 0 Å². The second kappa shape index (κ2) is 8.45. The zero-order valence-corrected chi connectivity index (χ0v) is 15.4. The number of rotatable bonds is 6. The van der Waals surface area contributed by atoms with E-state index in [9.17, 15) is 4.79 Å². The van der Waals surface area contributed by atoms with Crippen molar-refractivity contribution in [2.75, 3.05) is 46.3 Å². The van der Waals surface area contributed by atoms with Gasteiger partial charge in [0.05, 0.1) is 6.42 Å². The van der Waals surface area contributed by atoms with Crippen LogP contribution in [0.1, 0.15) is 12.5 Å². The first-order valence-electron chi connectivity index (χ1n) is 9.25. The van der Waals surface area contributed by atoms with E-state index in [1.54, 1.807) is 0 Å². The van der Waals surface area contributed by atoms with Crippen molar-refractivity contribution in [2.45, 2.75) is 13.3 Å². The molecule has 0 aliphatic carbocycles. The van der Waals surface area contributed by atoms with Gasteiger partial charge in [0.2, 0.25) is 5.91 Å². The summed E-state index contributed by atoms with van der Waals surface area (Å²) in [5.41, 5.74) is 1.07.